The zero-order valence-electron chi connectivity index (χ0n) is 22.3. The zero-order valence-corrected chi connectivity index (χ0v) is 24.7. The second kappa shape index (κ2) is 11.3. The minimum Gasteiger partial charge on any atom is -0.384 e. The van der Waals surface area contributed by atoms with Gasteiger partial charge in [-0.15, -0.1) is 0 Å². The number of imidazole rings is 1. The van der Waals surface area contributed by atoms with Gasteiger partial charge in [0, 0.05) is 33.4 Å². The van der Waals surface area contributed by atoms with E-state index >= 15 is 0 Å². The summed E-state index contributed by atoms with van der Waals surface area (Å²) in [6, 6.07) is 18.9. The Morgan fingerprint density at radius 3 is 2.60 bits per heavy atom. The smallest absolute Gasteiger partial charge is 0.255 e. The molecule has 0 radical (unpaired) electrons. The predicted molar refractivity (Wildman–Crippen MR) is 167 cm³/mol. The van der Waals surface area contributed by atoms with E-state index in [0.29, 0.717) is 28.6 Å². The highest BCUT2D eigenvalue weighted by Gasteiger charge is 2.41. The number of hydrogen-bond donors (Lipinski definition) is 4. The van der Waals surface area contributed by atoms with E-state index in [1.807, 2.05) is 42.5 Å². The Bertz CT molecular complexity index is 1550. The van der Waals surface area contributed by atoms with Gasteiger partial charge in [0.2, 0.25) is 5.95 Å². The number of nitrogens with zero attached hydrogens (tertiary/aromatic N) is 1. The van der Waals surface area contributed by atoms with Gasteiger partial charge in [-0.2, -0.15) is 0 Å². The highest BCUT2D eigenvalue weighted by atomic mass is 79.9. The fourth-order valence-corrected chi connectivity index (χ4v) is 6.23. The van der Waals surface area contributed by atoms with Crippen LogP contribution in [0.5, 0.6) is 0 Å². The lowest BCUT2D eigenvalue weighted by atomic mass is 9.78. The summed E-state index contributed by atoms with van der Waals surface area (Å²) in [5.74, 6) is 1.26. The van der Waals surface area contributed by atoms with Crippen LogP contribution in [0, 0.1) is 11.3 Å². The Hall–Kier alpha value is -3.29. The number of carbonyl (C=O) groups is 1. The van der Waals surface area contributed by atoms with E-state index in [2.05, 4.69) is 54.5 Å². The Labute approximate surface area is 248 Å². The molecule has 4 N–H and O–H groups in total. The summed E-state index contributed by atoms with van der Waals surface area (Å²) in [4.78, 5) is 20.7. The topological polar surface area (TPSA) is 81.8 Å². The van der Waals surface area contributed by atoms with Crippen molar-refractivity contribution in [3.8, 4) is 0 Å². The lowest BCUT2D eigenvalue weighted by Gasteiger charge is -2.32. The second-order valence-corrected chi connectivity index (χ2v) is 12.5. The molecule has 0 saturated heterocycles. The molecule has 1 amide bonds. The van der Waals surface area contributed by atoms with E-state index < -0.39 is 0 Å². The van der Waals surface area contributed by atoms with Gasteiger partial charge in [-0.1, -0.05) is 65.9 Å². The third kappa shape index (κ3) is 6.06. The van der Waals surface area contributed by atoms with Crippen LogP contribution >= 0.6 is 27.5 Å². The first kappa shape index (κ1) is 26.9. The van der Waals surface area contributed by atoms with Crippen LogP contribution in [0.1, 0.15) is 60.9 Å². The molecule has 0 atom stereocenters. The number of aromatic amines is 1. The maximum absolute atomic E-state index is 12.8. The number of rotatable bonds is 10. The van der Waals surface area contributed by atoms with Crippen molar-refractivity contribution in [3.05, 3.63) is 93.6 Å². The SMILES string of the molecule is C=C(NCc1ccc(Cl)c(Nc2nc3cc(C(=O)Nc4ccc(Br)cc4)ccc3[nH]2)c1)C1(CC2CC2)CCCC1. The van der Waals surface area contributed by atoms with Crippen LogP contribution in [0.15, 0.2) is 77.4 Å². The summed E-state index contributed by atoms with van der Waals surface area (Å²) in [5, 5.41) is 10.5. The third-order valence-electron chi connectivity index (χ3n) is 8.21. The number of benzene rings is 3. The number of fused-ring (bicyclic) bond motifs is 1. The van der Waals surface area contributed by atoms with E-state index in [1.165, 1.54) is 50.6 Å². The molecule has 4 aromatic rings. The minimum atomic E-state index is -0.192. The highest BCUT2D eigenvalue weighted by molar-refractivity contribution is 9.10. The van der Waals surface area contributed by atoms with E-state index in [4.69, 9.17) is 11.6 Å². The predicted octanol–water partition coefficient (Wildman–Crippen LogP) is 8.94. The fraction of sp³-hybridized carbons (Fsp3) is 0.312. The largest absolute Gasteiger partial charge is 0.384 e. The van der Waals surface area contributed by atoms with Crippen LogP contribution in [-0.2, 0) is 6.54 Å². The van der Waals surface area contributed by atoms with Crippen LogP contribution in [0.4, 0.5) is 17.3 Å². The first-order valence-electron chi connectivity index (χ1n) is 13.9. The van der Waals surface area contributed by atoms with Crippen LogP contribution in [0.25, 0.3) is 11.0 Å². The van der Waals surface area contributed by atoms with E-state index in [9.17, 15) is 4.79 Å². The molecule has 206 valence electrons. The van der Waals surface area contributed by atoms with Crippen LogP contribution in [0.3, 0.4) is 0 Å². The molecule has 1 heterocycles. The molecule has 6 rings (SSSR count). The van der Waals surface area contributed by atoms with Crippen molar-refractivity contribution in [2.24, 2.45) is 11.3 Å². The summed E-state index contributed by atoms with van der Waals surface area (Å²) >= 11 is 9.96. The molecule has 8 heteroatoms. The summed E-state index contributed by atoms with van der Waals surface area (Å²) in [6.07, 6.45) is 9.15. The molecule has 2 saturated carbocycles. The molecular weight excluding hydrogens is 586 g/mol. The monoisotopic (exact) mass is 617 g/mol. The average Bonchev–Trinajstić information content (AvgIpc) is 3.46. The Morgan fingerprint density at radius 2 is 1.85 bits per heavy atom. The number of H-pyrrole nitrogens is 1. The van der Waals surface area contributed by atoms with Crippen LogP contribution in [-0.4, -0.2) is 15.9 Å². The molecular formula is C32H33BrClN5O. The summed E-state index contributed by atoms with van der Waals surface area (Å²) in [7, 11) is 0. The summed E-state index contributed by atoms with van der Waals surface area (Å²) < 4.78 is 0.956. The number of nitrogens with one attached hydrogen (secondary N) is 4. The molecule has 2 aliphatic rings. The molecule has 0 bridgehead atoms. The summed E-state index contributed by atoms with van der Waals surface area (Å²) in [5.41, 5.74) is 6.12. The second-order valence-electron chi connectivity index (χ2n) is 11.2. The van der Waals surface area contributed by atoms with Gasteiger partial charge in [-0.3, -0.25) is 4.79 Å². The van der Waals surface area contributed by atoms with Crippen molar-refractivity contribution in [2.75, 3.05) is 10.6 Å². The van der Waals surface area contributed by atoms with Gasteiger partial charge in [0.1, 0.15) is 0 Å². The molecule has 0 aliphatic heterocycles. The van der Waals surface area contributed by atoms with E-state index in [0.717, 1.165) is 32.8 Å². The first-order chi connectivity index (χ1) is 19.4. The van der Waals surface area contributed by atoms with Gasteiger partial charge in [-0.25, -0.2) is 4.98 Å². The normalized spacial score (nSPS) is 16.1. The maximum atomic E-state index is 12.8. The number of aromatic nitrogens is 2. The fourth-order valence-electron chi connectivity index (χ4n) is 5.80. The van der Waals surface area contributed by atoms with Crippen molar-refractivity contribution in [3.63, 3.8) is 0 Å². The van der Waals surface area contributed by atoms with E-state index in [1.54, 1.807) is 12.1 Å². The zero-order chi connectivity index (χ0) is 27.7. The van der Waals surface area contributed by atoms with Gasteiger partial charge >= 0.3 is 0 Å². The van der Waals surface area contributed by atoms with Crippen LogP contribution in [0.2, 0.25) is 5.02 Å². The average molecular weight is 619 g/mol. The van der Waals surface area contributed by atoms with Crippen molar-refractivity contribution in [2.45, 2.75) is 51.5 Å². The molecule has 2 aliphatic carbocycles. The third-order valence-corrected chi connectivity index (χ3v) is 9.07. The van der Waals surface area contributed by atoms with Gasteiger partial charge in [0.25, 0.3) is 5.91 Å². The Balaban J connectivity index is 1.12. The maximum Gasteiger partial charge on any atom is 0.255 e. The van der Waals surface area contributed by atoms with Crippen molar-refractivity contribution in [1.82, 2.24) is 15.3 Å². The molecule has 0 spiro atoms. The van der Waals surface area contributed by atoms with Gasteiger partial charge in [-0.05, 0) is 85.3 Å². The Kier molecular flexibility index (Phi) is 7.60. The number of anilines is 3. The lowest BCUT2D eigenvalue weighted by Crippen LogP contribution is -2.29. The molecule has 0 unspecified atom stereocenters. The van der Waals surface area contributed by atoms with Crippen molar-refractivity contribution >= 4 is 61.8 Å². The van der Waals surface area contributed by atoms with Gasteiger partial charge < -0.3 is 20.9 Å². The lowest BCUT2D eigenvalue weighted by molar-refractivity contribution is 0.102. The minimum absolute atomic E-state index is 0.192. The van der Waals surface area contributed by atoms with E-state index in [-0.39, 0.29) is 11.3 Å². The highest BCUT2D eigenvalue weighted by Crippen LogP contribution is 2.52. The number of allylic oxidation sites excluding steroid dienone is 1. The Morgan fingerprint density at radius 1 is 1.07 bits per heavy atom. The molecule has 40 heavy (non-hydrogen) atoms. The molecule has 1 aromatic heterocycles. The molecule has 3 aromatic carbocycles. The molecule has 2 fully saturated rings. The van der Waals surface area contributed by atoms with Crippen LogP contribution < -0.4 is 16.0 Å². The molecule has 6 nitrogen and oxygen atoms in total. The van der Waals surface area contributed by atoms with Crippen molar-refractivity contribution in [1.29, 1.82) is 0 Å². The first-order valence-corrected chi connectivity index (χ1v) is 15.1. The number of halogens is 2. The number of carbonyl (C=O) groups excluding carboxylic acids is 1. The van der Waals surface area contributed by atoms with Gasteiger partial charge in [0.15, 0.2) is 0 Å². The summed E-state index contributed by atoms with van der Waals surface area (Å²) in [6.45, 7) is 5.19. The quantitative estimate of drug-likeness (QED) is 0.143. The number of amides is 1. The van der Waals surface area contributed by atoms with Gasteiger partial charge in [0.05, 0.1) is 21.7 Å². The van der Waals surface area contributed by atoms with Crippen molar-refractivity contribution < 1.29 is 4.79 Å². The standard InChI is InChI=1S/C32H33BrClN5O/c1-20(32(14-2-3-15-32)18-21-4-5-21)35-19-22-6-12-26(34)28(16-22)38-31-37-27-13-7-23(17-29(27)39-31)30(40)36-25-10-8-24(33)9-11-25/h6-13,16-17,21,35H,1-5,14-15,18-19H2,(H,36,40)(H2,37,38,39). The number of hydrogen-bond acceptors (Lipinski definition) is 4.